The lowest BCUT2D eigenvalue weighted by atomic mass is 10.2. The lowest BCUT2D eigenvalue weighted by Crippen LogP contribution is -2.18. The molecule has 3 rings (SSSR count). The molecule has 2 aromatic heterocycles. The van der Waals surface area contributed by atoms with E-state index < -0.39 is 6.09 Å². The van der Waals surface area contributed by atoms with E-state index in [-0.39, 0.29) is 6.10 Å². The number of anilines is 1. The molecule has 1 amide bonds. The molecule has 25 heavy (non-hydrogen) atoms. The maximum atomic E-state index is 11.7. The predicted molar refractivity (Wildman–Crippen MR) is 98.1 cm³/mol. The van der Waals surface area contributed by atoms with Gasteiger partial charge in [-0.25, -0.2) is 14.8 Å². The van der Waals surface area contributed by atoms with Crippen molar-refractivity contribution in [3.8, 4) is 0 Å². The number of rotatable bonds is 4. The number of ether oxygens (including phenoxy) is 1. The number of nitrogens with zero attached hydrogens (tertiary/aromatic N) is 3. The number of amides is 1. The molecule has 130 valence electrons. The van der Waals surface area contributed by atoms with Crippen molar-refractivity contribution in [1.82, 2.24) is 14.5 Å². The summed E-state index contributed by atoms with van der Waals surface area (Å²) in [5.41, 5.74) is 3.17. The number of imidazole rings is 1. The first-order valence-electron chi connectivity index (χ1n) is 7.98. The molecular weight excluding hydrogens is 340 g/mol. The largest absolute Gasteiger partial charge is 0.447 e. The molecule has 0 atom stereocenters. The Morgan fingerprint density at radius 2 is 2.16 bits per heavy atom. The van der Waals surface area contributed by atoms with Gasteiger partial charge in [0.1, 0.15) is 11.3 Å². The van der Waals surface area contributed by atoms with Crippen molar-refractivity contribution in [3.63, 3.8) is 0 Å². The molecule has 0 unspecified atom stereocenters. The molecule has 0 spiro atoms. The molecule has 6 nitrogen and oxygen atoms in total. The average Bonchev–Trinajstić information content (AvgIpc) is 2.85. The Morgan fingerprint density at radius 3 is 2.88 bits per heavy atom. The van der Waals surface area contributed by atoms with E-state index in [1.807, 2.05) is 29.7 Å². The van der Waals surface area contributed by atoms with E-state index in [9.17, 15) is 4.79 Å². The summed E-state index contributed by atoms with van der Waals surface area (Å²) in [4.78, 5) is 20.6. The Hall–Kier alpha value is -2.60. The van der Waals surface area contributed by atoms with Gasteiger partial charge in [0, 0.05) is 16.9 Å². The van der Waals surface area contributed by atoms with Gasteiger partial charge < -0.3 is 9.30 Å². The summed E-state index contributed by atoms with van der Waals surface area (Å²) >= 11 is 6.39. The van der Waals surface area contributed by atoms with Gasteiger partial charge >= 0.3 is 6.09 Å². The predicted octanol–water partition coefficient (Wildman–Crippen LogP) is 4.40. The number of nitrogens with one attached hydrogen (secondary N) is 1. The number of pyridine rings is 1. The van der Waals surface area contributed by atoms with Crippen LogP contribution < -0.4 is 5.32 Å². The van der Waals surface area contributed by atoms with Gasteiger partial charge in [-0.05, 0) is 50.6 Å². The summed E-state index contributed by atoms with van der Waals surface area (Å²) in [6, 6.07) is 9.18. The summed E-state index contributed by atoms with van der Waals surface area (Å²) in [6.45, 7) is 6.07. The Kier molecular flexibility index (Phi) is 4.90. The van der Waals surface area contributed by atoms with E-state index in [4.69, 9.17) is 16.3 Å². The second-order valence-electron chi connectivity index (χ2n) is 5.98. The molecule has 0 fully saturated rings. The highest BCUT2D eigenvalue weighted by molar-refractivity contribution is 6.31. The SMILES string of the molecule is Cc1nc2cccnc2n1Cc1ccc(NC(=O)OC(C)C)cc1Cl. The first-order valence-corrected chi connectivity index (χ1v) is 8.35. The third-order valence-corrected chi connectivity index (χ3v) is 4.02. The minimum atomic E-state index is -0.500. The van der Waals surface area contributed by atoms with Crippen LogP contribution in [0, 0.1) is 6.92 Å². The van der Waals surface area contributed by atoms with Crippen LogP contribution in [0.25, 0.3) is 11.2 Å². The van der Waals surface area contributed by atoms with Crippen molar-refractivity contribution in [2.24, 2.45) is 0 Å². The summed E-state index contributed by atoms with van der Waals surface area (Å²) in [6.07, 6.45) is 1.06. The third-order valence-electron chi connectivity index (χ3n) is 3.67. The standard InChI is InChI=1S/C18H19ClN4O2/c1-11(2)25-18(24)22-14-7-6-13(15(19)9-14)10-23-12(3)21-16-5-4-8-20-17(16)23/h4-9,11H,10H2,1-3H3,(H,22,24). The number of hydrogen-bond donors (Lipinski definition) is 1. The van der Waals surface area contributed by atoms with E-state index in [1.54, 1.807) is 32.2 Å². The smallest absolute Gasteiger partial charge is 0.411 e. The second kappa shape index (κ2) is 7.11. The number of aromatic nitrogens is 3. The fourth-order valence-corrected chi connectivity index (χ4v) is 2.79. The van der Waals surface area contributed by atoms with Crippen molar-refractivity contribution in [2.75, 3.05) is 5.32 Å². The average molecular weight is 359 g/mol. The summed E-state index contributed by atoms with van der Waals surface area (Å²) in [7, 11) is 0. The minimum Gasteiger partial charge on any atom is -0.447 e. The Bertz CT molecular complexity index is 921. The highest BCUT2D eigenvalue weighted by atomic mass is 35.5. The maximum absolute atomic E-state index is 11.7. The van der Waals surface area contributed by atoms with Crippen molar-refractivity contribution in [3.05, 3.63) is 52.9 Å². The molecule has 1 aromatic carbocycles. The fourth-order valence-electron chi connectivity index (χ4n) is 2.55. The molecule has 0 bridgehead atoms. The summed E-state index contributed by atoms with van der Waals surface area (Å²) < 4.78 is 7.07. The van der Waals surface area contributed by atoms with Crippen LogP contribution in [0.4, 0.5) is 10.5 Å². The molecular formula is C18H19ClN4O2. The number of hydrogen-bond acceptors (Lipinski definition) is 4. The lowest BCUT2D eigenvalue weighted by molar-refractivity contribution is 0.130. The number of halogens is 1. The first kappa shape index (κ1) is 17.2. The topological polar surface area (TPSA) is 69.0 Å². The van der Waals surface area contributed by atoms with Crippen LogP contribution in [0.5, 0.6) is 0 Å². The van der Waals surface area contributed by atoms with Crippen molar-refractivity contribution in [2.45, 2.75) is 33.4 Å². The van der Waals surface area contributed by atoms with Gasteiger partial charge in [-0.1, -0.05) is 17.7 Å². The summed E-state index contributed by atoms with van der Waals surface area (Å²) in [5.74, 6) is 0.868. The zero-order valence-electron chi connectivity index (χ0n) is 14.3. The van der Waals surface area contributed by atoms with Gasteiger partial charge in [0.05, 0.1) is 12.6 Å². The molecule has 0 saturated carbocycles. The van der Waals surface area contributed by atoms with Gasteiger partial charge in [-0.15, -0.1) is 0 Å². The number of fused-ring (bicyclic) bond motifs is 1. The number of carbonyl (C=O) groups excluding carboxylic acids is 1. The number of carbonyl (C=O) groups is 1. The number of benzene rings is 1. The zero-order chi connectivity index (χ0) is 18.0. The van der Waals surface area contributed by atoms with Gasteiger partial charge in [-0.3, -0.25) is 5.32 Å². The molecule has 2 heterocycles. The van der Waals surface area contributed by atoms with Crippen molar-refractivity contribution < 1.29 is 9.53 Å². The van der Waals surface area contributed by atoms with Gasteiger partial charge in [0.25, 0.3) is 0 Å². The highest BCUT2D eigenvalue weighted by Gasteiger charge is 2.12. The van der Waals surface area contributed by atoms with Crippen LogP contribution in [0.3, 0.4) is 0 Å². The molecule has 0 aliphatic rings. The molecule has 0 radical (unpaired) electrons. The second-order valence-corrected chi connectivity index (χ2v) is 6.38. The lowest BCUT2D eigenvalue weighted by Gasteiger charge is -2.12. The Morgan fingerprint density at radius 1 is 1.36 bits per heavy atom. The van der Waals surface area contributed by atoms with Crippen molar-refractivity contribution >= 4 is 34.5 Å². The molecule has 0 saturated heterocycles. The van der Waals surface area contributed by atoms with Crippen molar-refractivity contribution in [1.29, 1.82) is 0 Å². The maximum Gasteiger partial charge on any atom is 0.411 e. The molecule has 0 aliphatic heterocycles. The zero-order valence-corrected chi connectivity index (χ0v) is 15.0. The first-order chi connectivity index (χ1) is 11.9. The van der Waals surface area contributed by atoms with Crippen LogP contribution >= 0.6 is 11.6 Å². The number of aryl methyl sites for hydroxylation is 1. The van der Waals surface area contributed by atoms with Crippen LogP contribution in [0.15, 0.2) is 36.5 Å². The van der Waals surface area contributed by atoms with Gasteiger partial charge in [-0.2, -0.15) is 0 Å². The Labute approximate surface area is 150 Å². The minimum absolute atomic E-state index is 0.181. The van der Waals surface area contributed by atoms with Crippen LogP contribution in [0.1, 0.15) is 25.2 Å². The Balaban J connectivity index is 1.81. The van der Waals surface area contributed by atoms with Gasteiger partial charge in [0.2, 0.25) is 0 Å². The van der Waals surface area contributed by atoms with E-state index in [1.165, 1.54) is 0 Å². The quantitative estimate of drug-likeness (QED) is 0.750. The van der Waals surface area contributed by atoms with E-state index >= 15 is 0 Å². The third kappa shape index (κ3) is 3.91. The van der Waals surface area contributed by atoms with E-state index in [0.29, 0.717) is 17.3 Å². The molecule has 3 aromatic rings. The summed E-state index contributed by atoms with van der Waals surface area (Å²) in [5, 5.41) is 3.22. The monoisotopic (exact) mass is 358 g/mol. The van der Waals surface area contributed by atoms with E-state index in [0.717, 1.165) is 22.6 Å². The van der Waals surface area contributed by atoms with Crippen LogP contribution in [-0.4, -0.2) is 26.7 Å². The molecule has 0 aliphatic carbocycles. The van der Waals surface area contributed by atoms with Gasteiger partial charge in [0.15, 0.2) is 5.65 Å². The normalized spacial score (nSPS) is 11.1. The fraction of sp³-hybridized carbons (Fsp3) is 0.278. The van der Waals surface area contributed by atoms with E-state index in [2.05, 4.69) is 15.3 Å². The van der Waals surface area contributed by atoms with Crippen LogP contribution in [-0.2, 0) is 11.3 Å². The molecule has 1 N–H and O–H groups in total. The highest BCUT2D eigenvalue weighted by Crippen LogP contribution is 2.24. The van der Waals surface area contributed by atoms with Crippen LogP contribution in [0.2, 0.25) is 5.02 Å². The molecule has 7 heteroatoms.